The molecule has 0 saturated heterocycles. The summed E-state index contributed by atoms with van der Waals surface area (Å²) in [6.07, 6.45) is 0. The lowest BCUT2D eigenvalue weighted by molar-refractivity contribution is 0.102. The molecule has 3 rings (SSSR count). The molecular formula is C17H16N4O3S. The molecule has 3 aromatic rings. The van der Waals surface area contributed by atoms with Crippen LogP contribution in [0.5, 0.6) is 0 Å². The lowest BCUT2D eigenvalue weighted by Gasteiger charge is -2.10. The molecule has 0 aliphatic carbocycles. The molecule has 0 saturated carbocycles. The third-order valence-corrected chi connectivity index (χ3v) is 4.79. The van der Waals surface area contributed by atoms with Gasteiger partial charge in [-0.2, -0.15) is 0 Å². The summed E-state index contributed by atoms with van der Waals surface area (Å²) in [6, 6.07) is 8.93. The SMILES string of the molecule is Cc1nc(SCC(=O)c2ccccc2)c2c(=O)n(C)c(=O)n(C)c2n1. The van der Waals surface area contributed by atoms with Crippen LogP contribution in [0.4, 0.5) is 0 Å². The van der Waals surface area contributed by atoms with E-state index in [9.17, 15) is 14.4 Å². The van der Waals surface area contributed by atoms with Crippen molar-refractivity contribution in [3.05, 3.63) is 62.6 Å². The quantitative estimate of drug-likeness (QED) is 0.398. The van der Waals surface area contributed by atoms with Gasteiger partial charge < -0.3 is 0 Å². The van der Waals surface area contributed by atoms with Crippen molar-refractivity contribution in [3.63, 3.8) is 0 Å². The van der Waals surface area contributed by atoms with Crippen LogP contribution in [0.1, 0.15) is 16.2 Å². The van der Waals surface area contributed by atoms with Gasteiger partial charge in [0, 0.05) is 19.7 Å². The average molecular weight is 356 g/mol. The molecule has 0 atom stereocenters. The van der Waals surface area contributed by atoms with Crippen LogP contribution in [0.25, 0.3) is 11.0 Å². The first-order chi connectivity index (χ1) is 11.9. The van der Waals surface area contributed by atoms with Gasteiger partial charge in [0.05, 0.1) is 5.75 Å². The highest BCUT2D eigenvalue weighted by Crippen LogP contribution is 2.23. The zero-order valence-corrected chi connectivity index (χ0v) is 14.8. The van der Waals surface area contributed by atoms with Gasteiger partial charge in [-0.1, -0.05) is 42.1 Å². The Kier molecular flexibility index (Phi) is 4.54. The van der Waals surface area contributed by atoms with Crippen molar-refractivity contribution in [3.8, 4) is 0 Å². The molecule has 0 amide bonds. The molecule has 2 aromatic heterocycles. The van der Waals surface area contributed by atoms with Crippen molar-refractivity contribution in [2.75, 3.05) is 5.75 Å². The van der Waals surface area contributed by atoms with E-state index >= 15 is 0 Å². The molecule has 0 N–H and O–H groups in total. The van der Waals surface area contributed by atoms with Crippen LogP contribution in [0.15, 0.2) is 44.9 Å². The number of hydrogen-bond donors (Lipinski definition) is 0. The molecule has 8 heteroatoms. The van der Waals surface area contributed by atoms with E-state index in [1.165, 1.54) is 23.4 Å². The number of fused-ring (bicyclic) bond motifs is 1. The molecule has 0 radical (unpaired) electrons. The minimum absolute atomic E-state index is 0.0586. The van der Waals surface area contributed by atoms with Crippen molar-refractivity contribution in [2.45, 2.75) is 11.9 Å². The van der Waals surface area contributed by atoms with Crippen LogP contribution in [0.3, 0.4) is 0 Å². The van der Waals surface area contributed by atoms with E-state index < -0.39 is 11.2 Å². The fraction of sp³-hybridized carbons (Fsp3) is 0.235. The Morgan fingerprint density at radius 3 is 2.44 bits per heavy atom. The number of nitrogens with zero attached hydrogens (tertiary/aromatic N) is 4. The van der Waals surface area contributed by atoms with Crippen LogP contribution in [0.2, 0.25) is 0 Å². The van der Waals surface area contributed by atoms with Gasteiger partial charge in [-0.3, -0.25) is 18.7 Å². The number of hydrogen-bond acceptors (Lipinski definition) is 6. The van der Waals surface area contributed by atoms with Gasteiger partial charge in [0.1, 0.15) is 16.2 Å². The Morgan fingerprint density at radius 2 is 1.76 bits per heavy atom. The number of rotatable bonds is 4. The molecular weight excluding hydrogens is 340 g/mol. The van der Waals surface area contributed by atoms with Gasteiger partial charge >= 0.3 is 5.69 Å². The summed E-state index contributed by atoms with van der Waals surface area (Å²) in [6.45, 7) is 1.68. The fourth-order valence-corrected chi connectivity index (χ4v) is 3.43. The zero-order valence-electron chi connectivity index (χ0n) is 14.0. The lowest BCUT2D eigenvalue weighted by atomic mass is 10.2. The Hall–Kier alpha value is -2.74. The normalized spacial score (nSPS) is 11.0. The maximum Gasteiger partial charge on any atom is 0.332 e. The number of aromatic nitrogens is 4. The summed E-state index contributed by atoms with van der Waals surface area (Å²) in [4.78, 5) is 45.4. The molecule has 0 unspecified atom stereocenters. The van der Waals surface area contributed by atoms with E-state index in [4.69, 9.17) is 0 Å². The highest BCUT2D eigenvalue weighted by molar-refractivity contribution is 8.00. The Bertz CT molecular complexity index is 1090. The summed E-state index contributed by atoms with van der Waals surface area (Å²) in [7, 11) is 2.97. The standard InChI is InChI=1S/C17H16N4O3S/c1-10-18-14-13(16(23)21(3)17(24)20(14)2)15(19-10)25-9-12(22)11-7-5-4-6-8-11/h4-8H,9H2,1-3H3. The van der Waals surface area contributed by atoms with Crippen molar-refractivity contribution >= 4 is 28.6 Å². The van der Waals surface area contributed by atoms with Crippen LogP contribution in [-0.2, 0) is 14.1 Å². The van der Waals surface area contributed by atoms with Crippen LogP contribution in [-0.4, -0.2) is 30.6 Å². The summed E-state index contributed by atoms with van der Waals surface area (Å²) < 4.78 is 2.33. The fourth-order valence-electron chi connectivity index (χ4n) is 2.48. The van der Waals surface area contributed by atoms with Gasteiger partial charge in [0.25, 0.3) is 5.56 Å². The highest BCUT2D eigenvalue weighted by Gasteiger charge is 2.17. The predicted octanol–water partition coefficient (Wildman–Crippen LogP) is 1.31. The van der Waals surface area contributed by atoms with Gasteiger partial charge in [-0.25, -0.2) is 14.8 Å². The van der Waals surface area contributed by atoms with E-state index in [2.05, 4.69) is 9.97 Å². The van der Waals surface area contributed by atoms with Crippen molar-refractivity contribution in [1.29, 1.82) is 0 Å². The van der Waals surface area contributed by atoms with E-state index in [0.717, 1.165) is 4.57 Å². The maximum atomic E-state index is 12.5. The number of aryl methyl sites for hydroxylation is 2. The Morgan fingerprint density at radius 1 is 1.08 bits per heavy atom. The average Bonchev–Trinajstić information content (AvgIpc) is 2.62. The molecule has 2 heterocycles. The first kappa shape index (κ1) is 17.1. The molecule has 0 aliphatic rings. The third-order valence-electron chi connectivity index (χ3n) is 3.81. The summed E-state index contributed by atoms with van der Waals surface area (Å²) >= 11 is 1.18. The number of ketones is 1. The van der Waals surface area contributed by atoms with E-state index in [-0.39, 0.29) is 22.6 Å². The smallest absolute Gasteiger partial charge is 0.293 e. The minimum atomic E-state index is -0.465. The molecule has 0 bridgehead atoms. The number of carbonyl (C=O) groups excluding carboxylic acids is 1. The van der Waals surface area contributed by atoms with Crippen LogP contribution in [0, 0.1) is 6.92 Å². The summed E-state index contributed by atoms with van der Waals surface area (Å²) in [5, 5.41) is 0.657. The first-order valence-corrected chi connectivity index (χ1v) is 8.54. The lowest BCUT2D eigenvalue weighted by Crippen LogP contribution is -2.37. The molecule has 25 heavy (non-hydrogen) atoms. The Labute approximate surface area is 147 Å². The van der Waals surface area contributed by atoms with Crippen molar-refractivity contribution in [1.82, 2.24) is 19.1 Å². The molecule has 0 fully saturated rings. The molecule has 0 aliphatic heterocycles. The zero-order chi connectivity index (χ0) is 18.1. The van der Waals surface area contributed by atoms with Gasteiger partial charge in [-0.05, 0) is 6.92 Å². The minimum Gasteiger partial charge on any atom is -0.293 e. The van der Waals surface area contributed by atoms with Gasteiger partial charge in [0.15, 0.2) is 11.4 Å². The van der Waals surface area contributed by atoms with Crippen molar-refractivity contribution < 1.29 is 4.79 Å². The van der Waals surface area contributed by atoms with Gasteiger partial charge in [-0.15, -0.1) is 0 Å². The Balaban J connectivity index is 2.06. The van der Waals surface area contributed by atoms with Crippen LogP contribution < -0.4 is 11.2 Å². The largest absolute Gasteiger partial charge is 0.332 e. The van der Waals surface area contributed by atoms with E-state index in [1.807, 2.05) is 6.07 Å². The van der Waals surface area contributed by atoms with E-state index in [0.29, 0.717) is 16.4 Å². The summed E-state index contributed by atoms with van der Waals surface area (Å²) in [5.41, 5.74) is -0.0414. The monoisotopic (exact) mass is 356 g/mol. The van der Waals surface area contributed by atoms with Gasteiger partial charge in [0.2, 0.25) is 0 Å². The second-order valence-electron chi connectivity index (χ2n) is 5.56. The second kappa shape index (κ2) is 6.64. The predicted molar refractivity (Wildman–Crippen MR) is 96.3 cm³/mol. The number of benzene rings is 1. The number of thioether (sulfide) groups is 1. The molecule has 128 valence electrons. The summed E-state index contributed by atoms with van der Waals surface area (Å²) in [5.74, 6) is 0.517. The molecule has 7 nitrogen and oxygen atoms in total. The molecule has 0 spiro atoms. The maximum absolute atomic E-state index is 12.5. The highest BCUT2D eigenvalue weighted by atomic mass is 32.2. The van der Waals surface area contributed by atoms with Crippen molar-refractivity contribution in [2.24, 2.45) is 14.1 Å². The number of Topliss-reactive ketones (excluding diaryl/α,β-unsaturated/α-hetero) is 1. The third kappa shape index (κ3) is 3.12. The first-order valence-electron chi connectivity index (χ1n) is 7.55. The van der Waals surface area contributed by atoms with Crippen LogP contribution >= 0.6 is 11.8 Å². The topological polar surface area (TPSA) is 86.9 Å². The molecule has 1 aromatic carbocycles. The number of carbonyl (C=O) groups is 1. The second-order valence-corrected chi connectivity index (χ2v) is 6.52. The van der Waals surface area contributed by atoms with E-state index in [1.54, 1.807) is 38.2 Å².